The second-order valence-corrected chi connectivity index (χ2v) is 5.19. The molecule has 2 nitrogen and oxygen atoms in total. The molecule has 0 radical (unpaired) electrons. The van der Waals surface area contributed by atoms with Crippen molar-refractivity contribution in [1.29, 1.82) is 0 Å². The number of nitrogens with two attached hydrogens (primary N) is 1. The molecule has 0 fully saturated rings. The third-order valence-electron chi connectivity index (χ3n) is 3.56. The van der Waals surface area contributed by atoms with Crippen molar-refractivity contribution in [1.82, 2.24) is 5.43 Å². The van der Waals surface area contributed by atoms with Crippen LogP contribution in [0.25, 0.3) is 0 Å². The van der Waals surface area contributed by atoms with Gasteiger partial charge in [-0.2, -0.15) is 0 Å². The quantitative estimate of drug-likeness (QED) is 0.606. The van der Waals surface area contributed by atoms with Gasteiger partial charge in [-0.3, -0.25) is 11.3 Å². The molecule has 0 aromatic heterocycles. The van der Waals surface area contributed by atoms with E-state index in [-0.39, 0.29) is 6.04 Å². The molecule has 21 heavy (non-hydrogen) atoms. The summed E-state index contributed by atoms with van der Waals surface area (Å²) < 4.78 is 26.1. The van der Waals surface area contributed by atoms with Crippen LogP contribution in [0.3, 0.4) is 0 Å². The van der Waals surface area contributed by atoms with E-state index in [9.17, 15) is 8.78 Å². The monoisotopic (exact) mass is 290 g/mol. The van der Waals surface area contributed by atoms with Crippen LogP contribution in [-0.2, 0) is 12.8 Å². The summed E-state index contributed by atoms with van der Waals surface area (Å²) in [4.78, 5) is 0. The van der Waals surface area contributed by atoms with E-state index in [0.717, 1.165) is 30.9 Å². The predicted octanol–water partition coefficient (Wildman–Crippen LogP) is 3.36. The zero-order valence-electron chi connectivity index (χ0n) is 11.9. The van der Waals surface area contributed by atoms with Gasteiger partial charge in [0.2, 0.25) is 0 Å². The number of hydrogen-bond acceptors (Lipinski definition) is 2. The summed E-state index contributed by atoms with van der Waals surface area (Å²) in [5.41, 5.74) is 4.79. The second-order valence-electron chi connectivity index (χ2n) is 5.19. The molecular formula is C17H20F2N2. The molecule has 0 saturated heterocycles. The standard InChI is InChI=1S/C17H20F2N2/c18-16-10-9-14(12-17(16)19)11-15(21-20)8-4-7-13-5-2-1-3-6-13/h1-3,5-6,9-10,12,15,21H,4,7-8,11,20H2. The van der Waals surface area contributed by atoms with Crippen molar-refractivity contribution in [2.75, 3.05) is 0 Å². The maximum Gasteiger partial charge on any atom is 0.159 e. The normalized spacial score (nSPS) is 12.3. The van der Waals surface area contributed by atoms with Crippen molar-refractivity contribution in [2.24, 2.45) is 5.84 Å². The van der Waals surface area contributed by atoms with E-state index < -0.39 is 11.6 Å². The fourth-order valence-corrected chi connectivity index (χ4v) is 2.39. The van der Waals surface area contributed by atoms with Gasteiger partial charge in [0.25, 0.3) is 0 Å². The van der Waals surface area contributed by atoms with Gasteiger partial charge >= 0.3 is 0 Å². The van der Waals surface area contributed by atoms with Gasteiger partial charge in [-0.05, 0) is 48.9 Å². The van der Waals surface area contributed by atoms with E-state index >= 15 is 0 Å². The van der Waals surface area contributed by atoms with Crippen LogP contribution in [0, 0.1) is 11.6 Å². The molecule has 0 saturated carbocycles. The SMILES string of the molecule is NNC(CCCc1ccccc1)Cc1ccc(F)c(F)c1. The summed E-state index contributed by atoms with van der Waals surface area (Å²) in [6.07, 6.45) is 3.44. The van der Waals surface area contributed by atoms with Crippen molar-refractivity contribution in [3.05, 3.63) is 71.3 Å². The van der Waals surface area contributed by atoms with Gasteiger partial charge in [-0.15, -0.1) is 0 Å². The molecular weight excluding hydrogens is 270 g/mol. The van der Waals surface area contributed by atoms with Crippen LogP contribution in [0.15, 0.2) is 48.5 Å². The predicted molar refractivity (Wildman–Crippen MR) is 80.6 cm³/mol. The largest absolute Gasteiger partial charge is 0.271 e. The van der Waals surface area contributed by atoms with Crippen molar-refractivity contribution in [2.45, 2.75) is 31.7 Å². The first-order chi connectivity index (χ1) is 10.2. The van der Waals surface area contributed by atoms with Gasteiger partial charge in [0.1, 0.15) is 0 Å². The Labute approximate surface area is 124 Å². The summed E-state index contributed by atoms with van der Waals surface area (Å²) >= 11 is 0. The number of nitrogens with one attached hydrogen (secondary N) is 1. The van der Waals surface area contributed by atoms with Gasteiger partial charge in [0.15, 0.2) is 11.6 Å². The molecule has 3 N–H and O–H groups in total. The molecule has 112 valence electrons. The molecule has 0 aliphatic rings. The number of hydrogen-bond donors (Lipinski definition) is 2. The highest BCUT2D eigenvalue weighted by Crippen LogP contribution is 2.13. The first-order valence-corrected chi connectivity index (χ1v) is 7.13. The number of hydrazine groups is 1. The van der Waals surface area contributed by atoms with E-state index in [2.05, 4.69) is 17.6 Å². The minimum atomic E-state index is -0.819. The zero-order chi connectivity index (χ0) is 15.1. The van der Waals surface area contributed by atoms with Crippen LogP contribution in [0.5, 0.6) is 0 Å². The van der Waals surface area contributed by atoms with Crippen LogP contribution in [0.2, 0.25) is 0 Å². The summed E-state index contributed by atoms with van der Waals surface area (Å²) in [7, 11) is 0. The Hall–Kier alpha value is -1.78. The zero-order valence-corrected chi connectivity index (χ0v) is 11.9. The van der Waals surface area contributed by atoms with E-state index in [0.29, 0.717) is 6.42 Å². The number of rotatable bonds is 7. The summed E-state index contributed by atoms with van der Waals surface area (Å²) in [5.74, 6) is 3.92. The third-order valence-corrected chi connectivity index (χ3v) is 3.56. The first-order valence-electron chi connectivity index (χ1n) is 7.13. The number of halogens is 2. The van der Waals surface area contributed by atoms with E-state index in [1.54, 1.807) is 6.07 Å². The van der Waals surface area contributed by atoms with Crippen LogP contribution >= 0.6 is 0 Å². The Morgan fingerprint density at radius 3 is 2.38 bits per heavy atom. The highest BCUT2D eigenvalue weighted by atomic mass is 19.2. The van der Waals surface area contributed by atoms with Gasteiger partial charge in [-0.25, -0.2) is 8.78 Å². The molecule has 0 aliphatic heterocycles. The third kappa shape index (κ3) is 4.92. The smallest absolute Gasteiger partial charge is 0.159 e. The minimum absolute atomic E-state index is 0.0542. The molecule has 2 aromatic carbocycles. The molecule has 4 heteroatoms. The maximum atomic E-state index is 13.2. The van der Waals surface area contributed by atoms with Crippen molar-refractivity contribution >= 4 is 0 Å². The fraction of sp³-hybridized carbons (Fsp3) is 0.294. The van der Waals surface area contributed by atoms with E-state index in [4.69, 9.17) is 5.84 Å². The lowest BCUT2D eigenvalue weighted by Gasteiger charge is -2.16. The molecule has 1 atom stereocenters. The van der Waals surface area contributed by atoms with Crippen molar-refractivity contribution < 1.29 is 8.78 Å². The molecule has 0 bridgehead atoms. The Kier molecular flexibility index (Phi) is 5.84. The molecule has 0 amide bonds. The van der Waals surface area contributed by atoms with Crippen LogP contribution < -0.4 is 11.3 Å². The molecule has 0 heterocycles. The summed E-state index contributed by atoms with van der Waals surface area (Å²) in [6, 6.07) is 14.3. The van der Waals surface area contributed by atoms with Crippen LogP contribution in [0.1, 0.15) is 24.0 Å². The molecule has 0 spiro atoms. The maximum absolute atomic E-state index is 13.2. The molecule has 2 rings (SSSR count). The van der Waals surface area contributed by atoms with Gasteiger partial charge in [0.05, 0.1) is 0 Å². The highest BCUT2D eigenvalue weighted by molar-refractivity contribution is 5.19. The molecule has 1 unspecified atom stereocenters. The van der Waals surface area contributed by atoms with Crippen LogP contribution in [0.4, 0.5) is 8.78 Å². The van der Waals surface area contributed by atoms with Crippen molar-refractivity contribution in [3.8, 4) is 0 Å². The van der Waals surface area contributed by atoms with Gasteiger partial charge in [0, 0.05) is 6.04 Å². The Balaban J connectivity index is 1.84. The lowest BCUT2D eigenvalue weighted by molar-refractivity contribution is 0.471. The lowest BCUT2D eigenvalue weighted by atomic mass is 9.99. The average molecular weight is 290 g/mol. The molecule has 0 aliphatic carbocycles. The van der Waals surface area contributed by atoms with Crippen LogP contribution in [-0.4, -0.2) is 6.04 Å². The number of aryl methyl sites for hydroxylation is 1. The fourth-order valence-electron chi connectivity index (χ4n) is 2.39. The lowest BCUT2D eigenvalue weighted by Crippen LogP contribution is -2.36. The summed E-state index contributed by atoms with van der Waals surface area (Å²) in [6.45, 7) is 0. The van der Waals surface area contributed by atoms with Gasteiger partial charge in [-0.1, -0.05) is 36.4 Å². The average Bonchev–Trinajstić information content (AvgIpc) is 2.51. The first kappa shape index (κ1) is 15.6. The Bertz CT molecular complexity index is 558. The second kappa shape index (κ2) is 7.86. The highest BCUT2D eigenvalue weighted by Gasteiger charge is 2.10. The topological polar surface area (TPSA) is 38.0 Å². The van der Waals surface area contributed by atoms with E-state index in [1.807, 2.05) is 18.2 Å². The van der Waals surface area contributed by atoms with E-state index in [1.165, 1.54) is 11.6 Å². The Morgan fingerprint density at radius 1 is 0.952 bits per heavy atom. The Morgan fingerprint density at radius 2 is 1.71 bits per heavy atom. The molecule has 2 aromatic rings. The minimum Gasteiger partial charge on any atom is -0.271 e. The van der Waals surface area contributed by atoms with Gasteiger partial charge < -0.3 is 0 Å². The number of benzene rings is 2. The summed E-state index contributed by atoms with van der Waals surface area (Å²) in [5, 5.41) is 0. The van der Waals surface area contributed by atoms with Crippen molar-refractivity contribution in [3.63, 3.8) is 0 Å².